The summed E-state index contributed by atoms with van der Waals surface area (Å²) in [5.41, 5.74) is 1.11. The van der Waals surface area contributed by atoms with Gasteiger partial charge in [-0.15, -0.1) is 0 Å². The number of carbonyl (C=O) groups excluding carboxylic acids is 1. The number of methoxy groups -OCH3 is 2. The molecule has 116 valence electrons. The van der Waals surface area contributed by atoms with E-state index in [1.54, 1.807) is 37.6 Å². The molecular formula is C16H19N3O3. The third kappa shape index (κ3) is 3.46. The van der Waals surface area contributed by atoms with E-state index < -0.39 is 0 Å². The van der Waals surface area contributed by atoms with Crippen molar-refractivity contribution in [2.45, 2.75) is 0 Å². The van der Waals surface area contributed by atoms with Crippen LogP contribution in [-0.4, -0.2) is 39.2 Å². The molecule has 0 bridgehead atoms. The number of hydrogen-bond acceptors (Lipinski definition) is 5. The van der Waals surface area contributed by atoms with Crippen molar-refractivity contribution in [1.29, 1.82) is 0 Å². The lowest BCUT2D eigenvalue weighted by Gasteiger charge is -2.12. The molecule has 1 amide bonds. The zero-order valence-electron chi connectivity index (χ0n) is 13.1. The first-order chi connectivity index (χ1) is 10.5. The van der Waals surface area contributed by atoms with Gasteiger partial charge in [0.1, 0.15) is 5.82 Å². The zero-order chi connectivity index (χ0) is 16.1. The molecule has 2 rings (SSSR count). The number of aromatic nitrogens is 1. The Morgan fingerprint density at radius 3 is 2.36 bits per heavy atom. The van der Waals surface area contributed by atoms with E-state index in [0.29, 0.717) is 22.7 Å². The minimum absolute atomic E-state index is 0.236. The number of amides is 1. The average Bonchev–Trinajstić information content (AvgIpc) is 2.54. The highest BCUT2D eigenvalue weighted by atomic mass is 16.5. The summed E-state index contributed by atoms with van der Waals surface area (Å²) in [6, 6.07) is 8.65. The number of ether oxygens (including phenoxy) is 2. The van der Waals surface area contributed by atoms with Crippen LogP contribution in [0.1, 0.15) is 10.4 Å². The van der Waals surface area contributed by atoms with Crippen LogP contribution in [0.25, 0.3) is 0 Å². The van der Waals surface area contributed by atoms with E-state index in [9.17, 15) is 4.79 Å². The first-order valence-corrected chi connectivity index (χ1v) is 6.72. The largest absolute Gasteiger partial charge is 0.493 e. The van der Waals surface area contributed by atoms with E-state index in [4.69, 9.17) is 9.47 Å². The van der Waals surface area contributed by atoms with Crippen LogP contribution in [0, 0.1) is 0 Å². The Hall–Kier alpha value is -2.76. The van der Waals surface area contributed by atoms with Gasteiger partial charge in [-0.3, -0.25) is 4.79 Å². The van der Waals surface area contributed by atoms with Gasteiger partial charge in [-0.2, -0.15) is 0 Å². The summed E-state index contributed by atoms with van der Waals surface area (Å²) in [5.74, 6) is 1.68. The lowest BCUT2D eigenvalue weighted by Crippen LogP contribution is -2.14. The van der Waals surface area contributed by atoms with Gasteiger partial charge in [-0.25, -0.2) is 4.98 Å². The van der Waals surface area contributed by atoms with Gasteiger partial charge in [0.25, 0.3) is 5.91 Å². The second-order valence-corrected chi connectivity index (χ2v) is 4.82. The number of nitrogens with one attached hydrogen (secondary N) is 1. The Balaban J connectivity index is 2.15. The van der Waals surface area contributed by atoms with Crippen LogP contribution in [0.5, 0.6) is 11.5 Å². The van der Waals surface area contributed by atoms with Crippen LogP contribution in [0.2, 0.25) is 0 Å². The van der Waals surface area contributed by atoms with Gasteiger partial charge in [0.2, 0.25) is 0 Å². The van der Waals surface area contributed by atoms with Gasteiger partial charge in [0, 0.05) is 19.7 Å². The second-order valence-electron chi connectivity index (χ2n) is 4.82. The topological polar surface area (TPSA) is 63.7 Å². The first kappa shape index (κ1) is 15.6. The van der Waals surface area contributed by atoms with Crippen molar-refractivity contribution in [2.24, 2.45) is 0 Å². The molecule has 0 atom stereocenters. The SMILES string of the molecule is COc1ccc(C(=O)Nc2ccc(N(C)C)nc2)cc1OC. The quantitative estimate of drug-likeness (QED) is 0.919. The molecule has 0 aliphatic carbocycles. The summed E-state index contributed by atoms with van der Waals surface area (Å²) >= 11 is 0. The van der Waals surface area contributed by atoms with Crippen molar-refractivity contribution < 1.29 is 14.3 Å². The second kappa shape index (κ2) is 6.80. The summed E-state index contributed by atoms with van der Waals surface area (Å²) < 4.78 is 10.3. The summed E-state index contributed by atoms with van der Waals surface area (Å²) in [5, 5.41) is 2.80. The first-order valence-electron chi connectivity index (χ1n) is 6.72. The number of benzene rings is 1. The fraction of sp³-hybridized carbons (Fsp3) is 0.250. The number of anilines is 2. The molecule has 1 aromatic carbocycles. The van der Waals surface area contributed by atoms with Gasteiger partial charge in [-0.05, 0) is 30.3 Å². The Labute approximate surface area is 129 Å². The van der Waals surface area contributed by atoms with Crippen molar-refractivity contribution in [1.82, 2.24) is 4.98 Å². The zero-order valence-corrected chi connectivity index (χ0v) is 13.1. The molecule has 1 N–H and O–H groups in total. The van der Waals surface area contributed by atoms with Crippen molar-refractivity contribution in [2.75, 3.05) is 38.5 Å². The number of carbonyl (C=O) groups is 1. The fourth-order valence-electron chi connectivity index (χ4n) is 1.91. The molecule has 0 aliphatic heterocycles. The van der Waals surface area contributed by atoms with Crippen LogP contribution < -0.4 is 19.7 Å². The van der Waals surface area contributed by atoms with Gasteiger partial charge in [0.15, 0.2) is 11.5 Å². The number of nitrogens with zero attached hydrogens (tertiary/aromatic N) is 2. The molecule has 0 saturated carbocycles. The normalized spacial score (nSPS) is 10.0. The summed E-state index contributed by atoms with van der Waals surface area (Å²) in [6.07, 6.45) is 1.62. The maximum Gasteiger partial charge on any atom is 0.255 e. The average molecular weight is 301 g/mol. The van der Waals surface area contributed by atoms with Crippen LogP contribution in [0.15, 0.2) is 36.5 Å². The molecule has 0 radical (unpaired) electrons. The van der Waals surface area contributed by atoms with E-state index in [1.165, 1.54) is 7.11 Å². The number of rotatable bonds is 5. The van der Waals surface area contributed by atoms with Crippen molar-refractivity contribution in [3.05, 3.63) is 42.1 Å². The molecule has 1 aromatic heterocycles. The van der Waals surface area contributed by atoms with Crippen molar-refractivity contribution in [3.8, 4) is 11.5 Å². The molecule has 1 heterocycles. The number of hydrogen-bond donors (Lipinski definition) is 1. The van der Waals surface area contributed by atoms with E-state index in [0.717, 1.165) is 5.82 Å². The van der Waals surface area contributed by atoms with E-state index in [2.05, 4.69) is 10.3 Å². The molecule has 0 fully saturated rings. The third-order valence-corrected chi connectivity index (χ3v) is 3.11. The van der Waals surface area contributed by atoms with Crippen LogP contribution in [0.3, 0.4) is 0 Å². The molecule has 6 heteroatoms. The van der Waals surface area contributed by atoms with Crippen LogP contribution in [-0.2, 0) is 0 Å². The monoisotopic (exact) mass is 301 g/mol. The van der Waals surface area contributed by atoms with E-state index >= 15 is 0 Å². The highest BCUT2D eigenvalue weighted by Gasteiger charge is 2.11. The number of pyridine rings is 1. The van der Waals surface area contributed by atoms with E-state index in [1.807, 2.05) is 25.1 Å². The van der Waals surface area contributed by atoms with Crippen LogP contribution >= 0.6 is 0 Å². The molecule has 6 nitrogen and oxygen atoms in total. The predicted molar refractivity (Wildman–Crippen MR) is 86.1 cm³/mol. The third-order valence-electron chi connectivity index (χ3n) is 3.11. The van der Waals surface area contributed by atoms with Gasteiger partial charge in [0.05, 0.1) is 26.1 Å². The Bertz CT molecular complexity index is 654. The Morgan fingerprint density at radius 2 is 1.82 bits per heavy atom. The summed E-state index contributed by atoms with van der Waals surface area (Å²) in [7, 11) is 6.90. The van der Waals surface area contributed by atoms with Crippen LogP contribution in [0.4, 0.5) is 11.5 Å². The molecular weight excluding hydrogens is 282 g/mol. The fourth-order valence-corrected chi connectivity index (χ4v) is 1.91. The maximum absolute atomic E-state index is 12.3. The van der Waals surface area contributed by atoms with Gasteiger partial charge < -0.3 is 19.7 Å². The molecule has 0 unspecified atom stereocenters. The minimum atomic E-state index is -0.236. The van der Waals surface area contributed by atoms with Gasteiger partial charge >= 0.3 is 0 Å². The molecule has 0 saturated heterocycles. The maximum atomic E-state index is 12.3. The lowest BCUT2D eigenvalue weighted by atomic mass is 10.2. The van der Waals surface area contributed by atoms with E-state index in [-0.39, 0.29) is 5.91 Å². The smallest absolute Gasteiger partial charge is 0.255 e. The summed E-state index contributed by atoms with van der Waals surface area (Å²) in [4.78, 5) is 18.4. The summed E-state index contributed by atoms with van der Waals surface area (Å²) in [6.45, 7) is 0. The van der Waals surface area contributed by atoms with Crippen molar-refractivity contribution >= 4 is 17.4 Å². The van der Waals surface area contributed by atoms with Gasteiger partial charge in [-0.1, -0.05) is 0 Å². The Morgan fingerprint density at radius 1 is 1.09 bits per heavy atom. The highest BCUT2D eigenvalue weighted by Crippen LogP contribution is 2.27. The Kier molecular flexibility index (Phi) is 4.83. The molecule has 22 heavy (non-hydrogen) atoms. The minimum Gasteiger partial charge on any atom is -0.493 e. The predicted octanol–water partition coefficient (Wildman–Crippen LogP) is 2.42. The highest BCUT2D eigenvalue weighted by molar-refractivity contribution is 6.04. The standard InChI is InChI=1S/C16H19N3O3/c1-19(2)15-8-6-12(10-17-15)18-16(20)11-5-7-13(21-3)14(9-11)22-4/h5-10H,1-4H3,(H,18,20). The lowest BCUT2D eigenvalue weighted by molar-refractivity contribution is 0.102. The van der Waals surface area contributed by atoms with Crippen molar-refractivity contribution in [3.63, 3.8) is 0 Å². The molecule has 0 aliphatic rings. The molecule has 2 aromatic rings. The molecule has 0 spiro atoms.